The Kier molecular flexibility index (Phi) is 5.25. The Morgan fingerprint density at radius 3 is 1.53 bits per heavy atom. The van der Waals surface area contributed by atoms with Crippen molar-refractivity contribution in [3.63, 3.8) is 0 Å². The van der Waals surface area contributed by atoms with Crippen LogP contribution in [0.1, 0.15) is 0 Å². The molecular weight excluding hydrogens is 583 g/mol. The summed E-state index contributed by atoms with van der Waals surface area (Å²) in [5.74, 6) is 2.17. The van der Waals surface area contributed by atoms with E-state index in [2.05, 4.69) is 32.6 Å². The molecule has 156 valence electrons. The molecule has 6 aromatic rings. The van der Waals surface area contributed by atoms with Gasteiger partial charge in [0.1, 0.15) is 0 Å². The maximum Gasteiger partial charge on any atom is 2.00 e. The van der Waals surface area contributed by atoms with Gasteiger partial charge in [-0.15, -0.1) is 0 Å². The number of imidazole rings is 2. The van der Waals surface area contributed by atoms with Crippen molar-refractivity contribution in [1.29, 1.82) is 0 Å². The molecule has 2 aromatic carbocycles. The first kappa shape index (κ1) is 20.1. The predicted molar refractivity (Wildman–Crippen MR) is 115 cm³/mol. The van der Waals surface area contributed by atoms with Gasteiger partial charge in [0.25, 0.3) is 0 Å². The molecule has 4 heterocycles. The average molecular weight is 597 g/mol. The summed E-state index contributed by atoms with van der Waals surface area (Å²) in [6.07, 6.45) is 5.97. The van der Waals surface area contributed by atoms with Crippen molar-refractivity contribution in [1.82, 2.24) is 29.1 Å². The zero-order valence-corrected chi connectivity index (χ0v) is 18.8. The van der Waals surface area contributed by atoms with Crippen molar-refractivity contribution in [2.24, 2.45) is 0 Å². The van der Waals surface area contributed by atoms with Crippen LogP contribution >= 0.6 is 0 Å². The van der Waals surface area contributed by atoms with Crippen molar-refractivity contribution in [2.45, 2.75) is 0 Å². The summed E-state index contributed by atoms with van der Waals surface area (Å²) in [6.45, 7) is 0. The van der Waals surface area contributed by atoms with E-state index in [4.69, 9.17) is 4.74 Å². The van der Waals surface area contributed by atoms with Crippen LogP contribution in [0.4, 0.5) is 0 Å². The van der Waals surface area contributed by atoms with Gasteiger partial charge in [0.15, 0.2) is 0 Å². The first-order valence-corrected chi connectivity index (χ1v) is 9.68. The molecule has 8 heteroatoms. The van der Waals surface area contributed by atoms with E-state index < -0.39 is 0 Å². The molecule has 0 amide bonds. The Balaban J connectivity index is 0.00000216. The number of ether oxygens (including phenoxy) is 1. The van der Waals surface area contributed by atoms with E-state index in [0.717, 1.165) is 22.1 Å². The number of hydrogen-bond donors (Lipinski definition) is 0. The Morgan fingerprint density at radius 1 is 0.562 bits per heavy atom. The number of fused-ring (bicyclic) bond motifs is 2. The van der Waals surface area contributed by atoms with Gasteiger partial charge in [0.2, 0.25) is 11.8 Å². The van der Waals surface area contributed by atoms with E-state index >= 15 is 0 Å². The molecule has 0 aliphatic carbocycles. The second kappa shape index (κ2) is 8.36. The van der Waals surface area contributed by atoms with Crippen LogP contribution < -0.4 is 4.74 Å². The molecule has 0 aliphatic rings. The van der Waals surface area contributed by atoms with Crippen molar-refractivity contribution >= 4 is 22.1 Å². The van der Waals surface area contributed by atoms with E-state index in [9.17, 15) is 0 Å². The fourth-order valence-electron chi connectivity index (χ4n) is 3.44. The average Bonchev–Trinajstić information content (AvgIpc) is 3.44. The number of pyridine rings is 2. The fourth-order valence-corrected chi connectivity index (χ4v) is 3.44. The van der Waals surface area contributed by atoms with Crippen molar-refractivity contribution < 1.29 is 25.8 Å². The topological polar surface area (TPSA) is 70.7 Å². The molecule has 0 N–H and O–H groups in total. The number of aromatic nitrogens is 6. The van der Waals surface area contributed by atoms with E-state index in [1.807, 2.05) is 72.8 Å². The van der Waals surface area contributed by atoms with Crippen molar-refractivity contribution in [3.05, 3.63) is 97.6 Å². The van der Waals surface area contributed by atoms with E-state index in [1.54, 1.807) is 21.3 Å². The molecule has 6 rings (SSSR count). The summed E-state index contributed by atoms with van der Waals surface area (Å²) >= 11 is 0. The normalized spacial score (nSPS) is 10.9. The van der Waals surface area contributed by atoms with Gasteiger partial charge in [-0.05, 0) is 23.2 Å². The van der Waals surface area contributed by atoms with Gasteiger partial charge in [-0.3, -0.25) is 0 Å². The minimum Gasteiger partial charge on any atom is -0.422 e. The third-order valence-electron chi connectivity index (χ3n) is 4.87. The van der Waals surface area contributed by atoms with Crippen LogP contribution in [0.5, 0.6) is 11.8 Å². The smallest absolute Gasteiger partial charge is 0.422 e. The van der Waals surface area contributed by atoms with E-state index in [-0.39, 0.29) is 21.1 Å². The van der Waals surface area contributed by atoms with Crippen molar-refractivity contribution in [3.8, 4) is 23.4 Å². The summed E-state index contributed by atoms with van der Waals surface area (Å²) in [5.41, 5.74) is 3.56. The molecule has 0 saturated heterocycles. The summed E-state index contributed by atoms with van der Waals surface area (Å²) in [4.78, 5) is 17.8. The third-order valence-corrected chi connectivity index (χ3v) is 4.87. The van der Waals surface area contributed by atoms with Crippen LogP contribution in [0, 0.1) is 12.7 Å². The number of nitrogens with zero attached hydrogens (tertiary/aromatic N) is 6. The van der Waals surface area contributed by atoms with E-state index in [1.165, 1.54) is 0 Å². The van der Waals surface area contributed by atoms with Gasteiger partial charge in [-0.25, -0.2) is 9.97 Å². The zero-order chi connectivity index (χ0) is 20.6. The molecule has 4 aromatic heterocycles. The second-order valence-electron chi connectivity index (χ2n) is 6.84. The third kappa shape index (κ3) is 3.57. The number of hydrogen-bond acceptors (Lipinski definition) is 5. The Morgan fingerprint density at radius 2 is 1.03 bits per heavy atom. The quantitative estimate of drug-likeness (QED) is 0.279. The fraction of sp³-hybridized carbons (Fsp3) is 0. The second-order valence-corrected chi connectivity index (χ2v) is 6.84. The number of benzene rings is 2. The first-order valence-electron chi connectivity index (χ1n) is 9.68. The van der Waals surface area contributed by atoms with Gasteiger partial charge in [0.05, 0.1) is 11.6 Å². The molecule has 0 aliphatic heterocycles. The largest absolute Gasteiger partial charge is 2.00 e. The molecular formula is C24H14N6OPt. The Bertz CT molecular complexity index is 1420. The maximum absolute atomic E-state index is 5.96. The Labute approximate surface area is 197 Å². The zero-order valence-electron chi connectivity index (χ0n) is 16.5. The molecule has 0 atom stereocenters. The molecule has 0 bridgehead atoms. The molecule has 0 spiro atoms. The molecule has 7 nitrogen and oxygen atoms in total. The van der Waals surface area contributed by atoms with Gasteiger partial charge >= 0.3 is 21.1 Å². The Hall–Kier alpha value is -3.83. The van der Waals surface area contributed by atoms with Crippen LogP contribution in [0.15, 0.2) is 84.9 Å². The standard InChI is InChI=1S/C24H14N6O.Pt/c1-3-9-19-17(7-1)25-15-29(19)21-11-5-13-23(27-21)31-24-14-6-12-22(28-24)30-16-26-18-8-2-4-10-20(18)30;/h1-14H;/q-2;+2. The first-order chi connectivity index (χ1) is 15.3. The molecule has 0 radical (unpaired) electrons. The van der Waals surface area contributed by atoms with Gasteiger partial charge in [0, 0.05) is 12.7 Å². The van der Waals surface area contributed by atoms with Gasteiger partial charge in [-0.1, -0.05) is 83.8 Å². The van der Waals surface area contributed by atoms with Gasteiger partial charge < -0.3 is 23.8 Å². The predicted octanol–water partition coefficient (Wildman–Crippen LogP) is 4.54. The summed E-state index contributed by atoms with van der Waals surface area (Å²) in [6, 6.07) is 26.7. The molecule has 32 heavy (non-hydrogen) atoms. The van der Waals surface area contributed by atoms with Crippen LogP contribution in [0.25, 0.3) is 33.7 Å². The van der Waals surface area contributed by atoms with Crippen molar-refractivity contribution in [2.75, 3.05) is 0 Å². The summed E-state index contributed by atoms with van der Waals surface area (Å²) < 4.78 is 9.57. The van der Waals surface area contributed by atoms with E-state index in [0.29, 0.717) is 23.4 Å². The SMILES string of the molecule is [Pt+2].[c-]1nc2ccccc2n1-c1cccc(Oc2cccc(-n3[c-]nc4ccccc43)n2)n1. The molecule has 0 unspecified atom stereocenters. The molecule has 0 fully saturated rings. The van der Waals surface area contributed by atoms with Crippen LogP contribution in [0.2, 0.25) is 0 Å². The maximum atomic E-state index is 5.96. The molecule has 0 saturated carbocycles. The van der Waals surface area contributed by atoms with Gasteiger partial charge in [-0.2, -0.15) is 0 Å². The number of rotatable bonds is 4. The minimum absolute atomic E-state index is 0. The summed E-state index contributed by atoms with van der Waals surface area (Å²) in [7, 11) is 0. The van der Waals surface area contributed by atoms with Crippen LogP contribution in [-0.4, -0.2) is 29.1 Å². The monoisotopic (exact) mass is 597 g/mol. The summed E-state index contributed by atoms with van der Waals surface area (Å²) in [5, 5.41) is 0. The minimum atomic E-state index is 0. The van der Waals surface area contributed by atoms with Crippen LogP contribution in [0.3, 0.4) is 0 Å². The number of para-hydroxylation sites is 4. The van der Waals surface area contributed by atoms with Crippen LogP contribution in [-0.2, 0) is 21.1 Å².